The van der Waals surface area contributed by atoms with E-state index in [1.807, 2.05) is 61.2 Å². The first-order valence-corrected chi connectivity index (χ1v) is 10.9. The van der Waals surface area contributed by atoms with Crippen LogP contribution in [0.1, 0.15) is 35.3 Å². The van der Waals surface area contributed by atoms with E-state index in [2.05, 4.69) is 15.6 Å². The van der Waals surface area contributed by atoms with Gasteiger partial charge in [0.15, 0.2) is 17.5 Å². The number of hydrogen-bond donors (Lipinski definition) is 2. The largest absolute Gasteiger partial charge is 0.454 e. The van der Waals surface area contributed by atoms with E-state index in [0.29, 0.717) is 37.7 Å². The molecule has 2 aliphatic heterocycles. The van der Waals surface area contributed by atoms with Crippen LogP contribution >= 0.6 is 0 Å². The summed E-state index contributed by atoms with van der Waals surface area (Å²) >= 11 is 0. The average Bonchev–Trinajstić information content (AvgIpc) is 3.26. The summed E-state index contributed by atoms with van der Waals surface area (Å²) < 4.78 is 16.5. The van der Waals surface area contributed by atoms with Gasteiger partial charge in [0, 0.05) is 38.8 Å². The highest BCUT2D eigenvalue weighted by atomic mass is 16.7. The van der Waals surface area contributed by atoms with Gasteiger partial charge in [0.1, 0.15) is 0 Å². The number of hydrogen-bond acceptors (Lipinski definition) is 5. The van der Waals surface area contributed by atoms with E-state index in [1.165, 1.54) is 0 Å². The number of benzene rings is 2. The number of ether oxygens (including phenoxy) is 3. The van der Waals surface area contributed by atoms with E-state index in [0.717, 1.165) is 22.6 Å². The molecule has 0 radical (unpaired) electrons. The van der Waals surface area contributed by atoms with Gasteiger partial charge in [-0.05, 0) is 49.2 Å². The third-order valence-corrected chi connectivity index (χ3v) is 5.49. The molecule has 8 heteroatoms. The Balaban J connectivity index is 1.28. The SMILES string of the molecule is CN=C(NCc1ccc(C(=O)N2CC(C)OC(C)C2)cc1)NCc1ccc2c(c1)OCO2. The van der Waals surface area contributed by atoms with Crippen LogP contribution in [0.15, 0.2) is 47.5 Å². The average molecular weight is 439 g/mol. The summed E-state index contributed by atoms with van der Waals surface area (Å²) in [5.74, 6) is 2.28. The zero-order valence-corrected chi connectivity index (χ0v) is 18.8. The van der Waals surface area contributed by atoms with Crippen molar-refractivity contribution >= 4 is 11.9 Å². The molecule has 2 atom stereocenters. The van der Waals surface area contributed by atoms with Crippen molar-refractivity contribution < 1.29 is 19.0 Å². The molecule has 8 nitrogen and oxygen atoms in total. The number of morpholine rings is 1. The number of carbonyl (C=O) groups is 1. The van der Waals surface area contributed by atoms with Crippen LogP contribution in [0, 0.1) is 0 Å². The van der Waals surface area contributed by atoms with Crippen molar-refractivity contribution in [3.8, 4) is 11.5 Å². The van der Waals surface area contributed by atoms with E-state index in [-0.39, 0.29) is 24.9 Å². The second kappa shape index (κ2) is 9.91. The number of nitrogens with one attached hydrogen (secondary N) is 2. The van der Waals surface area contributed by atoms with Crippen LogP contribution in [0.2, 0.25) is 0 Å². The van der Waals surface area contributed by atoms with E-state index in [9.17, 15) is 4.79 Å². The Morgan fingerprint density at radius 2 is 1.59 bits per heavy atom. The zero-order valence-electron chi connectivity index (χ0n) is 18.8. The molecule has 0 spiro atoms. The summed E-state index contributed by atoms with van der Waals surface area (Å²) in [6.07, 6.45) is 0.117. The molecule has 0 aromatic heterocycles. The molecule has 2 aromatic rings. The van der Waals surface area contributed by atoms with Gasteiger partial charge in [-0.3, -0.25) is 9.79 Å². The maximum atomic E-state index is 12.8. The van der Waals surface area contributed by atoms with Crippen LogP contribution in [0.4, 0.5) is 0 Å². The quantitative estimate of drug-likeness (QED) is 0.551. The van der Waals surface area contributed by atoms with Crippen LogP contribution < -0.4 is 20.1 Å². The maximum absolute atomic E-state index is 12.8. The number of aliphatic imine (C=N–C) groups is 1. The van der Waals surface area contributed by atoms with Crippen LogP contribution in [-0.2, 0) is 17.8 Å². The molecule has 2 heterocycles. The fraction of sp³-hybridized carbons (Fsp3) is 0.417. The van der Waals surface area contributed by atoms with Crippen molar-refractivity contribution in [2.45, 2.75) is 39.1 Å². The van der Waals surface area contributed by atoms with Crippen LogP contribution in [0.5, 0.6) is 11.5 Å². The molecule has 2 N–H and O–H groups in total. The van der Waals surface area contributed by atoms with Gasteiger partial charge in [0.25, 0.3) is 5.91 Å². The molecule has 1 saturated heterocycles. The highest BCUT2D eigenvalue weighted by molar-refractivity contribution is 5.94. The monoisotopic (exact) mass is 438 g/mol. The molecule has 2 aliphatic rings. The van der Waals surface area contributed by atoms with Crippen molar-refractivity contribution in [2.75, 3.05) is 26.9 Å². The Morgan fingerprint density at radius 1 is 0.969 bits per heavy atom. The van der Waals surface area contributed by atoms with Gasteiger partial charge in [-0.2, -0.15) is 0 Å². The molecule has 2 aromatic carbocycles. The van der Waals surface area contributed by atoms with Crippen molar-refractivity contribution in [1.82, 2.24) is 15.5 Å². The molecule has 170 valence electrons. The molecule has 1 fully saturated rings. The first-order chi connectivity index (χ1) is 15.5. The van der Waals surface area contributed by atoms with Crippen molar-refractivity contribution in [1.29, 1.82) is 0 Å². The van der Waals surface area contributed by atoms with E-state index < -0.39 is 0 Å². The number of guanidine groups is 1. The minimum absolute atomic E-state index is 0.0488. The summed E-state index contributed by atoms with van der Waals surface area (Å²) in [6, 6.07) is 13.6. The number of amides is 1. The van der Waals surface area contributed by atoms with Crippen LogP contribution in [-0.4, -0.2) is 55.9 Å². The maximum Gasteiger partial charge on any atom is 0.254 e. The van der Waals surface area contributed by atoms with Crippen molar-refractivity contribution in [3.63, 3.8) is 0 Å². The molecule has 1 amide bonds. The van der Waals surface area contributed by atoms with Gasteiger partial charge >= 0.3 is 0 Å². The van der Waals surface area contributed by atoms with Gasteiger partial charge < -0.3 is 29.7 Å². The van der Waals surface area contributed by atoms with Crippen LogP contribution in [0.3, 0.4) is 0 Å². The van der Waals surface area contributed by atoms with Gasteiger partial charge in [0.05, 0.1) is 12.2 Å². The highest BCUT2D eigenvalue weighted by Gasteiger charge is 2.26. The minimum atomic E-state index is 0.0488. The van der Waals surface area contributed by atoms with E-state index in [1.54, 1.807) is 7.05 Å². The molecule has 32 heavy (non-hydrogen) atoms. The molecule has 4 rings (SSSR count). The summed E-state index contributed by atoms with van der Waals surface area (Å²) in [5.41, 5.74) is 2.84. The van der Waals surface area contributed by atoms with Gasteiger partial charge in [-0.1, -0.05) is 18.2 Å². The number of carbonyl (C=O) groups excluding carboxylic acids is 1. The molecule has 0 bridgehead atoms. The summed E-state index contributed by atoms with van der Waals surface area (Å²) in [7, 11) is 1.74. The van der Waals surface area contributed by atoms with Gasteiger partial charge in [-0.25, -0.2) is 0 Å². The third-order valence-electron chi connectivity index (χ3n) is 5.49. The summed E-state index contributed by atoms with van der Waals surface area (Å²) in [4.78, 5) is 19.0. The number of fused-ring (bicyclic) bond motifs is 1. The second-order valence-corrected chi connectivity index (χ2v) is 8.13. The third kappa shape index (κ3) is 5.31. The van der Waals surface area contributed by atoms with Crippen molar-refractivity contribution in [2.24, 2.45) is 4.99 Å². The lowest BCUT2D eigenvalue weighted by molar-refractivity contribution is -0.0586. The molecule has 2 unspecified atom stereocenters. The Morgan fingerprint density at radius 3 is 2.28 bits per heavy atom. The normalized spacial score (nSPS) is 20.2. The molecular weight excluding hydrogens is 408 g/mol. The molecular formula is C24H30N4O4. The van der Waals surface area contributed by atoms with Gasteiger partial charge in [0.2, 0.25) is 6.79 Å². The number of rotatable bonds is 5. The van der Waals surface area contributed by atoms with Crippen molar-refractivity contribution in [3.05, 3.63) is 59.2 Å². The Bertz CT molecular complexity index is 966. The lowest BCUT2D eigenvalue weighted by Crippen LogP contribution is -2.48. The Kier molecular flexibility index (Phi) is 6.80. The fourth-order valence-electron chi connectivity index (χ4n) is 3.93. The van der Waals surface area contributed by atoms with Gasteiger partial charge in [-0.15, -0.1) is 0 Å². The summed E-state index contributed by atoms with van der Waals surface area (Å²) in [5, 5.41) is 6.60. The lowest BCUT2D eigenvalue weighted by Gasteiger charge is -2.35. The van der Waals surface area contributed by atoms with Crippen LogP contribution in [0.25, 0.3) is 0 Å². The minimum Gasteiger partial charge on any atom is -0.454 e. The smallest absolute Gasteiger partial charge is 0.254 e. The van der Waals surface area contributed by atoms with E-state index >= 15 is 0 Å². The highest BCUT2D eigenvalue weighted by Crippen LogP contribution is 2.32. The number of nitrogens with zero attached hydrogens (tertiary/aromatic N) is 2. The topological polar surface area (TPSA) is 84.4 Å². The Hall–Kier alpha value is -3.26. The first kappa shape index (κ1) is 22.0. The zero-order chi connectivity index (χ0) is 22.5. The Labute approximate surface area is 188 Å². The summed E-state index contributed by atoms with van der Waals surface area (Å²) in [6.45, 7) is 6.72. The second-order valence-electron chi connectivity index (χ2n) is 8.13. The first-order valence-electron chi connectivity index (χ1n) is 10.9. The lowest BCUT2D eigenvalue weighted by atomic mass is 10.1. The predicted octanol–water partition coefficient (Wildman–Crippen LogP) is 2.53. The fourth-order valence-corrected chi connectivity index (χ4v) is 3.93. The predicted molar refractivity (Wildman–Crippen MR) is 122 cm³/mol. The molecule has 0 saturated carbocycles. The standard InChI is InChI=1S/C24H30N4O4/c1-16-13-28(14-17(2)32-16)23(29)20-7-4-18(5-8-20)11-26-24(25-3)27-12-19-6-9-21-22(10-19)31-15-30-21/h4-10,16-17H,11-15H2,1-3H3,(H2,25,26,27). The van der Waals surface area contributed by atoms with E-state index in [4.69, 9.17) is 14.2 Å². The molecule has 0 aliphatic carbocycles.